The fourth-order valence-electron chi connectivity index (χ4n) is 4.46. The number of carboxylic acids is 1. The molecule has 0 radical (unpaired) electrons. The molecule has 1 aromatic carbocycles. The Morgan fingerprint density at radius 1 is 1.26 bits per heavy atom. The van der Waals surface area contributed by atoms with Gasteiger partial charge in [0, 0.05) is 37.5 Å². The highest BCUT2D eigenvalue weighted by Crippen LogP contribution is 2.38. The number of rotatable bonds is 8. The van der Waals surface area contributed by atoms with Gasteiger partial charge in [-0.05, 0) is 49.8 Å². The molecule has 1 aromatic heterocycles. The Labute approximate surface area is 183 Å². The third kappa shape index (κ3) is 4.71. The van der Waals surface area contributed by atoms with Crippen LogP contribution in [-0.2, 0) is 4.74 Å². The fourth-order valence-corrected chi connectivity index (χ4v) is 4.46. The Kier molecular flexibility index (Phi) is 6.51. The van der Waals surface area contributed by atoms with Gasteiger partial charge in [-0.25, -0.2) is 9.78 Å². The lowest BCUT2D eigenvalue weighted by atomic mass is 9.79. The number of methoxy groups -OCH3 is 1. The molecule has 7 nitrogen and oxygen atoms in total. The Balaban J connectivity index is 1.80. The van der Waals surface area contributed by atoms with E-state index in [1.165, 1.54) is 0 Å². The van der Waals surface area contributed by atoms with Crippen LogP contribution in [0.15, 0.2) is 36.4 Å². The van der Waals surface area contributed by atoms with Crippen molar-refractivity contribution >= 4 is 28.9 Å². The van der Waals surface area contributed by atoms with Crippen molar-refractivity contribution in [2.24, 2.45) is 11.8 Å². The molecule has 2 heterocycles. The van der Waals surface area contributed by atoms with Crippen LogP contribution in [0, 0.1) is 17.2 Å². The van der Waals surface area contributed by atoms with Gasteiger partial charge in [-0.15, -0.1) is 0 Å². The van der Waals surface area contributed by atoms with Crippen molar-refractivity contribution in [3.8, 4) is 0 Å². The molecule has 0 spiro atoms. The Morgan fingerprint density at radius 3 is 2.68 bits per heavy atom. The number of aromatic nitrogens is 1. The molecule has 1 atom stereocenters. The molecule has 1 unspecified atom stereocenters. The molecule has 2 aliphatic rings. The minimum absolute atomic E-state index is 0.00699. The molecule has 4 rings (SSSR count). The minimum atomic E-state index is -1.07. The molecule has 1 saturated carbocycles. The van der Waals surface area contributed by atoms with Crippen LogP contribution < -0.4 is 10.2 Å². The van der Waals surface area contributed by atoms with E-state index in [1.54, 1.807) is 13.2 Å². The average molecular weight is 423 g/mol. The maximum absolute atomic E-state index is 11.9. The molecular formula is C24H30N4O3. The summed E-state index contributed by atoms with van der Waals surface area (Å²) in [6.45, 7) is 2.30. The highest BCUT2D eigenvalue weighted by molar-refractivity contribution is 6.10. The summed E-state index contributed by atoms with van der Waals surface area (Å²) < 4.78 is 5.38. The van der Waals surface area contributed by atoms with Gasteiger partial charge in [0.2, 0.25) is 0 Å². The number of nitrogens with zero attached hydrogens (tertiary/aromatic N) is 2. The van der Waals surface area contributed by atoms with E-state index in [9.17, 15) is 9.90 Å². The SMILES string of the molecule is COCC1CCCN(c2cc(C(=O)O)nc(Nc3ccccc3)c2C(=N)C2CCC2)C1. The smallest absolute Gasteiger partial charge is 0.354 e. The lowest BCUT2D eigenvalue weighted by Gasteiger charge is -2.37. The third-order valence-electron chi connectivity index (χ3n) is 6.30. The first-order valence-corrected chi connectivity index (χ1v) is 11.0. The monoisotopic (exact) mass is 422 g/mol. The van der Waals surface area contributed by atoms with Gasteiger partial charge in [0.05, 0.1) is 17.9 Å². The number of pyridine rings is 1. The summed E-state index contributed by atoms with van der Waals surface area (Å²) in [4.78, 5) is 18.6. The van der Waals surface area contributed by atoms with E-state index in [0.717, 1.165) is 62.1 Å². The lowest BCUT2D eigenvalue weighted by molar-refractivity contribution is 0.0690. The number of carboxylic acid groups (broad SMARTS) is 1. The number of aromatic carboxylic acids is 1. The van der Waals surface area contributed by atoms with Crippen molar-refractivity contribution in [1.29, 1.82) is 5.41 Å². The maximum Gasteiger partial charge on any atom is 0.354 e. The number of piperidine rings is 1. The van der Waals surface area contributed by atoms with Gasteiger partial charge in [0.1, 0.15) is 5.82 Å². The fraction of sp³-hybridized carbons (Fsp3) is 0.458. The Morgan fingerprint density at radius 2 is 2.03 bits per heavy atom. The maximum atomic E-state index is 11.9. The van der Waals surface area contributed by atoms with Crippen molar-refractivity contribution in [2.75, 3.05) is 37.0 Å². The van der Waals surface area contributed by atoms with Crippen LogP contribution in [0.4, 0.5) is 17.2 Å². The van der Waals surface area contributed by atoms with Crippen molar-refractivity contribution in [2.45, 2.75) is 32.1 Å². The van der Waals surface area contributed by atoms with Crippen LogP contribution in [0.1, 0.15) is 48.2 Å². The standard InChI is InChI=1S/C24H30N4O3/c1-31-15-16-7-6-12-28(14-16)20-13-19(24(29)30)27-23(26-18-10-3-2-4-11-18)21(20)22(25)17-8-5-9-17/h2-4,10-11,13,16-17,25H,5-9,12,14-15H2,1H3,(H,26,27)(H,29,30). The van der Waals surface area contributed by atoms with Crippen molar-refractivity contribution in [3.05, 3.63) is 47.7 Å². The van der Waals surface area contributed by atoms with E-state index < -0.39 is 5.97 Å². The van der Waals surface area contributed by atoms with Crippen LogP contribution in [0.2, 0.25) is 0 Å². The van der Waals surface area contributed by atoms with Crippen molar-refractivity contribution in [1.82, 2.24) is 4.98 Å². The number of hydrogen-bond donors (Lipinski definition) is 3. The van der Waals surface area contributed by atoms with Crippen LogP contribution >= 0.6 is 0 Å². The zero-order chi connectivity index (χ0) is 21.8. The Hall–Kier alpha value is -2.93. The van der Waals surface area contributed by atoms with Crippen LogP contribution in [0.3, 0.4) is 0 Å². The summed E-state index contributed by atoms with van der Waals surface area (Å²) in [5, 5.41) is 22.0. The quantitative estimate of drug-likeness (QED) is 0.540. The number of benzene rings is 1. The molecule has 164 valence electrons. The molecule has 31 heavy (non-hydrogen) atoms. The second-order valence-electron chi connectivity index (χ2n) is 8.50. The van der Waals surface area contributed by atoms with Gasteiger partial charge in [-0.3, -0.25) is 0 Å². The van der Waals surface area contributed by atoms with E-state index >= 15 is 0 Å². The van der Waals surface area contributed by atoms with Gasteiger partial charge in [-0.2, -0.15) is 0 Å². The zero-order valence-electron chi connectivity index (χ0n) is 17.9. The number of anilines is 3. The average Bonchev–Trinajstić information content (AvgIpc) is 2.73. The summed E-state index contributed by atoms with van der Waals surface area (Å²) in [5.41, 5.74) is 2.90. The Bertz CT molecular complexity index is 941. The second-order valence-corrected chi connectivity index (χ2v) is 8.50. The number of nitrogens with one attached hydrogen (secondary N) is 2. The lowest BCUT2D eigenvalue weighted by Crippen LogP contribution is -2.39. The molecule has 1 aliphatic heterocycles. The normalized spacial score (nSPS) is 19.0. The summed E-state index contributed by atoms with van der Waals surface area (Å²) in [6.07, 6.45) is 5.22. The highest BCUT2D eigenvalue weighted by atomic mass is 16.5. The summed E-state index contributed by atoms with van der Waals surface area (Å²) in [6, 6.07) is 11.2. The van der Waals surface area contributed by atoms with Gasteiger partial charge in [0.25, 0.3) is 0 Å². The summed E-state index contributed by atoms with van der Waals surface area (Å²) in [7, 11) is 1.72. The molecular weight excluding hydrogens is 392 g/mol. The van der Waals surface area contributed by atoms with E-state index in [-0.39, 0.29) is 11.6 Å². The van der Waals surface area contributed by atoms with Gasteiger partial charge in [0.15, 0.2) is 5.69 Å². The third-order valence-corrected chi connectivity index (χ3v) is 6.30. The molecule has 3 N–H and O–H groups in total. The second kappa shape index (κ2) is 9.47. The molecule has 2 fully saturated rings. The van der Waals surface area contributed by atoms with Crippen LogP contribution in [0.5, 0.6) is 0 Å². The first-order valence-electron chi connectivity index (χ1n) is 11.0. The molecule has 1 aliphatic carbocycles. The first-order chi connectivity index (χ1) is 15.1. The molecule has 7 heteroatoms. The van der Waals surface area contributed by atoms with E-state index in [2.05, 4.69) is 15.2 Å². The largest absolute Gasteiger partial charge is 0.477 e. The summed E-state index contributed by atoms with van der Waals surface area (Å²) in [5.74, 6) is -0.0278. The summed E-state index contributed by atoms with van der Waals surface area (Å²) >= 11 is 0. The number of hydrogen-bond acceptors (Lipinski definition) is 6. The van der Waals surface area contributed by atoms with E-state index in [4.69, 9.17) is 10.1 Å². The van der Waals surface area contributed by atoms with Gasteiger partial charge < -0.3 is 25.5 Å². The highest BCUT2D eigenvalue weighted by Gasteiger charge is 2.31. The van der Waals surface area contributed by atoms with E-state index in [0.29, 0.717) is 24.1 Å². The van der Waals surface area contributed by atoms with E-state index in [1.807, 2.05) is 30.3 Å². The van der Waals surface area contributed by atoms with Crippen molar-refractivity contribution in [3.63, 3.8) is 0 Å². The van der Waals surface area contributed by atoms with Crippen LogP contribution in [0.25, 0.3) is 0 Å². The molecule has 2 aromatic rings. The molecule has 0 amide bonds. The first kappa shape index (κ1) is 21.3. The molecule has 0 bridgehead atoms. The van der Waals surface area contributed by atoms with Crippen molar-refractivity contribution < 1.29 is 14.6 Å². The molecule has 1 saturated heterocycles. The zero-order valence-corrected chi connectivity index (χ0v) is 17.9. The number of carbonyl (C=O) groups is 1. The van der Waals surface area contributed by atoms with Gasteiger partial charge >= 0.3 is 5.97 Å². The number of para-hydroxylation sites is 1. The predicted octanol–water partition coefficient (Wildman–Crippen LogP) is 4.55. The minimum Gasteiger partial charge on any atom is -0.477 e. The topological polar surface area (TPSA) is 98.5 Å². The predicted molar refractivity (Wildman–Crippen MR) is 122 cm³/mol. The van der Waals surface area contributed by atoms with Gasteiger partial charge in [-0.1, -0.05) is 24.6 Å². The van der Waals surface area contributed by atoms with Crippen LogP contribution in [-0.4, -0.2) is 48.6 Å². The number of ether oxygens (including phenoxy) is 1.